The van der Waals surface area contributed by atoms with Crippen LogP contribution in [0, 0.1) is 18.7 Å². The van der Waals surface area contributed by atoms with Gasteiger partial charge in [0, 0.05) is 18.5 Å². The lowest BCUT2D eigenvalue weighted by Crippen LogP contribution is -2.28. The van der Waals surface area contributed by atoms with Gasteiger partial charge in [-0.3, -0.25) is 4.79 Å². The number of nitrogens with one attached hydrogen (secondary N) is 2. The maximum absolute atomic E-state index is 13.6. The number of rotatable bonds is 7. The molecule has 2 N–H and O–H groups in total. The molecule has 5 nitrogen and oxygen atoms in total. The van der Waals surface area contributed by atoms with E-state index >= 15 is 0 Å². The van der Waals surface area contributed by atoms with Gasteiger partial charge in [0.1, 0.15) is 5.82 Å². The van der Waals surface area contributed by atoms with Gasteiger partial charge in [-0.2, -0.15) is 0 Å². The van der Waals surface area contributed by atoms with Gasteiger partial charge >= 0.3 is 0 Å². The minimum Gasteiger partial charge on any atom is -0.493 e. The summed E-state index contributed by atoms with van der Waals surface area (Å²) in [6.07, 6.45) is 0. The molecule has 0 bridgehead atoms. The van der Waals surface area contributed by atoms with Crippen LogP contribution in [-0.2, 0) is 4.79 Å². The number of amides is 1. The fourth-order valence-electron chi connectivity index (χ4n) is 2.32. The van der Waals surface area contributed by atoms with Crippen molar-refractivity contribution in [1.29, 1.82) is 0 Å². The Labute approximate surface area is 159 Å². The van der Waals surface area contributed by atoms with Gasteiger partial charge in [0.25, 0.3) is 0 Å². The van der Waals surface area contributed by atoms with E-state index in [1.165, 1.54) is 18.2 Å². The van der Waals surface area contributed by atoms with Gasteiger partial charge in [-0.05, 0) is 43.8 Å². The van der Waals surface area contributed by atoms with Gasteiger partial charge in [0.15, 0.2) is 17.2 Å². The zero-order chi connectivity index (χ0) is 18.4. The van der Waals surface area contributed by atoms with Gasteiger partial charge in [-0.25, -0.2) is 4.39 Å². The molecule has 0 spiro atoms. The molecule has 0 radical (unpaired) electrons. The molecule has 0 saturated heterocycles. The molecule has 0 saturated carbocycles. The molecule has 2 rings (SSSR count). The Morgan fingerprint density at radius 3 is 2.50 bits per heavy atom. The molecule has 0 aliphatic heterocycles. The summed E-state index contributed by atoms with van der Waals surface area (Å²) in [5.74, 6) is 0.438. The average Bonchev–Trinajstić information content (AvgIpc) is 2.58. The Balaban J connectivity index is 0.00000338. The highest BCUT2D eigenvalue weighted by Gasteiger charge is 2.16. The van der Waals surface area contributed by atoms with Crippen molar-refractivity contribution in [2.75, 3.05) is 26.0 Å². The first-order chi connectivity index (χ1) is 11.9. The van der Waals surface area contributed by atoms with Crippen LogP contribution in [0.1, 0.15) is 12.5 Å². The van der Waals surface area contributed by atoms with Gasteiger partial charge in [0.2, 0.25) is 5.91 Å². The van der Waals surface area contributed by atoms with Crippen LogP contribution >= 0.6 is 12.4 Å². The Morgan fingerprint density at radius 2 is 1.85 bits per heavy atom. The van der Waals surface area contributed by atoms with Crippen molar-refractivity contribution in [3.63, 3.8) is 0 Å². The molecule has 2 aromatic rings. The van der Waals surface area contributed by atoms with Gasteiger partial charge in [-0.1, -0.05) is 13.0 Å². The van der Waals surface area contributed by atoms with E-state index in [2.05, 4.69) is 10.6 Å². The maximum Gasteiger partial charge on any atom is 0.228 e. The van der Waals surface area contributed by atoms with Crippen molar-refractivity contribution in [1.82, 2.24) is 5.32 Å². The molecule has 0 aliphatic rings. The minimum atomic E-state index is -0.459. The lowest BCUT2D eigenvalue weighted by Gasteiger charge is -2.16. The smallest absolute Gasteiger partial charge is 0.228 e. The Kier molecular flexibility index (Phi) is 8.35. The topological polar surface area (TPSA) is 59.6 Å². The number of carbonyl (C=O) groups excluding carboxylic acids is 1. The second kappa shape index (κ2) is 9.99. The van der Waals surface area contributed by atoms with E-state index in [4.69, 9.17) is 9.47 Å². The fraction of sp³-hybridized carbons (Fsp3) is 0.316. The minimum absolute atomic E-state index is 0. The fourth-order valence-corrected chi connectivity index (χ4v) is 2.32. The highest BCUT2D eigenvalue weighted by molar-refractivity contribution is 5.94. The lowest BCUT2D eigenvalue weighted by molar-refractivity contribution is -0.119. The number of halogens is 2. The molecule has 2 aromatic carbocycles. The molecule has 1 atom stereocenters. The monoisotopic (exact) mass is 382 g/mol. The zero-order valence-electron chi connectivity index (χ0n) is 15.3. The van der Waals surface area contributed by atoms with Crippen LogP contribution < -0.4 is 20.1 Å². The molecule has 7 heteroatoms. The summed E-state index contributed by atoms with van der Waals surface area (Å²) in [4.78, 5) is 12.2. The summed E-state index contributed by atoms with van der Waals surface area (Å²) in [5, 5.41) is 5.66. The standard InChI is InChI=1S/C19H23FN2O3.ClH/c1-12-5-7-17(18(9-12)24-4)25-16-8-6-14(20)10-15(16)22-19(23)13(2)11-21-3;/h5-10,13,21H,11H2,1-4H3,(H,22,23);1H. The van der Waals surface area contributed by atoms with Crippen LogP contribution in [0.5, 0.6) is 17.2 Å². The number of hydrogen-bond donors (Lipinski definition) is 2. The molecule has 0 fully saturated rings. The first-order valence-electron chi connectivity index (χ1n) is 8.02. The van der Waals surface area contributed by atoms with E-state index in [0.717, 1.165) is 5.56 Å². The third-order valence-corrected chi connectivity index (χ3v) is 3.70. The number of aryl methyl sites for hydroxylation is 1. The number of anilines is 1. The molecule has 26 heavy (non-hydrogen) atoms. The number of ether oxygens (including phenoxy) is 2. The summed E-state index contributed by atoms with van der Waals surface area (Å²) >= 11 is 0. The van der Waals surface area contributed by atoms with Crippen molar-refractivity contribution >= 4 is 24.0 Å². The Morgan fingerprint density at radius 1 is 1.15 bits per heavy atom. The predicted molar refractivity (Wildman–Crippen MR) is 103 cm³/mol. The van der Waals surface area contributed by atoms with Crippen LogP contribution in [-0.4, -0.2) is 26.6 Å². The van der Waals surface area contributed by atoms with Crippen LogP contribution in [0.4, 0.5) is 10.1 Å². The Bertz CT molecular complexity index is 756. The first-order valence-corrected chi connectivity index (χ1v) is 8.02. The molecule has 0 aliphatic carbocycles. The zero-order valence-corrected chi connectivity index (χ0v) is 16.1. The molecular weight excluding hydrogens is 359 g/mol. The van der Waals surface area contributed by atoms with Gasteiger partial charge in [-0.15, -0.1) is 12.4 Å². The first kappa shape index (κ1) is 21.7. The van der Waals surface area contributed by atoms with E-state index in [-0.39, 0.29) is 29.9 Å². The molecular formula is C19H24ClFN2O3. The molecule has 0 aromatic heterocycles. The number of methoxy groups -OCH3 is 1. The third kappa shape index (κ3) is 5.61. The Hall–Kier alpha value is -2.31. The van der Waals surface area contributed by atoms with Gasteiger partial charge < -0.3 is 20.1 Å². The number of hydrogen-bond acceptors (Lipinski definition) is 4. The second-order valence-electron chi connectivity index (χ2n) is 5.84. The van der Waals surface area contributed by atoms with E-state index in [1.54, 1.807) is 27.1 Å². The van der Waals surface area contributed by atoms with Gasteiger partial charge in [0.05, 0.1) is 12.8 Å². The van der Waals surface area contributed by atoms with Crippen LogP contribution in [0.25, 0.3) is 0 Å². The van der Waals surface area contributed by atoms with Crippen molar-refractivity contribution in [3.8, 4) is 17.2 Å². The van der Waals surface area contributed by atoms with E-state index in [9.17, 15) is 9.18 Å². The quantitative estimate of drug-likeness (QED) is 0.755. The van der Waals surface area contributed by atoms with Crippen molar-refractivity contribution < 1.29 is 18.7 Å². The maximum atomic E-state index is 13.6. The largest absolute Gasteiger partial charge is 0.493 e. The van der Waals surface area contributed by atoms with Crippen molar-refractivity contribution in [3.05, 3.63) is 47.8 Å². The summed E-state index contributed by atoms with van der Waals surface area (Å²) < 4.78 is 24.8. The summed E-state index contributed by atoms with van der Waals surface area (Å²) in [5.41, 5.74) is 1.30. The highest BCUT2D eigenvalue weighted by atomic mass is 35.5. The van der Waals surface area contributed by atoms with Crippen molar-refractivity contribution in [2.45, 2.75) is 13.8 Å². The summed E-state index contributed by atoms with van der Waals surface area (Å²) in [7, 11) is 3.32. The van der Waals surface area contributed by atoms with Crippen molar-refractivity contribution in [2.24, 2.45) is 5.92 Å². The summed E-state index contributed by atoms with van der Waals surface area (Å²) in [6.45, 7) is 4.25. The van der Waals surface area contributed by atoms with E-state index in [1.807, 2.05) is 19.1 Å². The lowest BCUT2D eigenvalue weighted by atomic mass is 10.1. The number of benzene rings is 2. The predicted octanol–water partition coefficient (Wildman–Crippen LogP) is 4.15. The van der Waals surface area contributed by atoms with Crippen LogP contribution in [0.15, 0.2) is 36.4 Å². The number of carbonyl (C=O) groups is 1. The summed E-state index contributed by atoms with van der Waals surface area (Å²) in [6, 6.07) is 9.49. The molecule has 0 heterocycles. The molecule has 1 unspecified atom stereocenters. The highest BCUT2D eigenvalue weighted by Crippen LogP contribution is 2.36. The normalized spacial score (nSPS) is 11.3. The average molecular weight is 383 g/mol. The van der Waals surface area contributed by atoms with Crippen LogP contribution in [0.3, 0.4) is 0 Å². The molecule has 142 valence electrons. The second-order valence-corrected chi connectivity index (χ2v) is 5.84. The van der Waals surface area contributed by atoms with Crippen LogP contribution in [0.2, 0.25) is 0 Å². The van der Waals surface area contributed by atoms with E-state index in [0.29, 0.717) is 23.8 Å². The molecule has 1 amide bonds. The third-order valence-electron chi connectivity index (χ3n) is 3.70. The SMILES string of the molecule is CNCC(C)C(=O)Nc1cc(F)ccc1Oc1ccc(C)cc1OC.Cl. The van der Waals surface area contributed by atoms with E-state index < -0.39 is 5.82 Å².